The first-order valence-electron chi connectivity index (χ1n) is 4.28. The van der Waals surface area contributed by atoms with Gasteiger partial charge in [-0.25, -0.2) is 4.79 Å². The average molecular weight is 226 g/mol. The molecule has 1 heterocycles. The predicted octanol–water partition coefficient (Wildman–Crippen LogP) is 0.219. The Balaban J connectivity index is 2.70. The van der Waals surface area contributed by atoms with Crippen LogP contribution in [-0.2, 0) is 14.3 Å². The van der Waals surface area contributed by atoms with Crippen LogP contribution in [0.25, 0.3) is 0 Å². The van der Waals surface area contributed by atoms with Gasteiger partial charge in [0, 0.05) is 0 Å². The maximum absolute atomic E-state index is 12.9. The van der Waals surface area contributed by atoms with Crippen molar-refractivity contribution in [3.05, 3.63) is 0 Å². The quantitative estimate of drug-likeness (QED) is 0.719. The van der Waals surface area contributed by atoms with Crippen LogP contribution < -0.4 is 0 Å². The number of aliphatic hydroxyl groups is 1. The highest BCUT2D eigenvalue weighted by atomic mass is 19.3. The fourth-order valence-corrected chi connectivity index (χ4v) is 1.23. The molecule has 0 aliphatic carbocycles. The Kier molecular flexibility index (Phi) is 2.99. The number of halogens is 2. The van der Waals surface area contributed by atoms with Crippen molar-refractivity contribution in [1.82, 2.24) is 0 Å². The van der Waals surface area contributed by atoms with E-state index in [4.69, 9.17) is 19.7 Å². The molecule has 5 nitrogen and oxygen atoms in total. The van der Waals surface area contributed by atoms with Crippen LogP contribution in [0, 0.1) is 0 Å². The molecule has 15 heavy (non-hydrogen) atoms. The molecule has 0 aromatic carbocycles. The van der Waals surface area contributed by atoms with Crippen molar-refractivity contribution in [2.24, 2.45) is 0 Å². The topological polar surface area (TPSA) is 76.0 Å². The van der Waals surface area contributed by atoms with Gasteiger partial charge in [0.05, 0.1) is 6.61 Å². The minimum absolute atomic E-state index is 0.267. The van der Waals surface area contributed by atoms with E-state index in [0.29, 0.717) is 0 Å². The largest absolute Gasteiger partial charge is 0.477 e. The van der Waals surface area contributed by atoms with Crippen LogP contribution in [0.1, 0.15) is 13.8 Å². The van der Waals surface area contributed by atoms with Crippen LogP contribution in [0.5, 0.6) is 0 Å². The molecular weight excluding hydrogens is 214 g/mol. The molecular formula is C8H12F2O5. The Hall–Kier alpha value is -0.790. The smallest absolute Gasteiger partial charge is 0.377 e. The average Bonchev–Trinajstić information content (AvgIpc) is 2.44. The normalized spacial score (nSPS) is 27.7. The van der Waals surface area contributed by atoms with Crippen molar-refractivity contribution < 1.29 is 33.3 Å². The zero-order valence-electron chi connectivity index (χ0n) is 8.24. The Morgan fingerprint density at radius 3 is 2.47 bits per heavy atom. The molecule has 0 radical (unpaired) electrons. The van der Waals surface area contributed by atoms with Crippen LogP contribution in [0.3, 0.4) is 0 Å². The van der Waals surface area contributed by atoms with Gasteiger partial charge in [-0.05, 0) is 13.8 Å². The minimum atomic E-state index is -4.24. The molecule has 0 saturated carbocycles. The first-order chi connectivity index (χ1) is 6.67. The lowest BCUT2D eigenvalue weighted by Gasteiger charge is -2.24. The van der Waals surface area contributed by atoms with E-state index in [9.17, 15) is 13.6 Å². The lowest BCUT2D eigenvalue weighted by Crippen LogP contribution is -2.49. The summed E-state index contributed by atoms with van der Waals surface area (Å²) in [6, 6.07) is 0. The van der Waals surface area contributed by atoms with Crippen LogP contribution in [0.2, 0.25) is 0 Å². The van der Waals surface area contributed by atoms with Crippen molar-refractivity contribution in [3.63, 3.8) is 0 Å². The first kappa shape index (κ1) is 12.3. The van der Waals surface area contributed by atoms with Gasteiger partial charge in [-0.1, -0.05) is 0 Å². The second-order valence-electron chi connectivity index (χ2n) is 3.74. The van der Waals surface area contributed by atoms with E-state index in [1.54, 1.807) is 0 Å². The van der Waals surface area contributed by atoms with Gasteiger partial charge in [-0.15, -0.1) is 0 Å². The summed E-state index contributed by atoms with van der Waals surface area (Å²) < 4.78 is 35.6. The third kappa shape index (κ3) is 2.42. The fraction of sp³-hybridized carbons (Fsp3) is 0.875. The van der Waals surface area contributed by atoms with Gasteiger partial charge in [0.1, 0.15) is 6.10 Å². The molecule has 2 N–H and O–H groups in total. The van der Waals surface area contributed by atoms with E-state index >= 15 is 0 Å². The van der Waals surface area contributed by atoms with Crippen molar-refractivity contribution in [2.75, 3.05) is 6.61 Å². The number of alkyl halides is 2. The highest BCUT2D eigenvalue weighted by molar-refractivity contribution is 5.76. The van der Waals surface area contributed by atoms with Gasteiger partial charge in [-0.3, -0.25) is 0 Å². The van der Waals surface area contributed by atoms with E-state index in [1.165, 1.54) is 13.8 Å². The predicted molar refractivity (Wildman–Crippen MR) is 43.5 cm³/mol. The number of aliphatic carboxylic acids is 1. The molecule has 0 aromatic rings. The molecule has 1 aliphatic heterocycles. The molecule has 0 spiro atoms. The third-order valence-electron chi connectivity index (χ3n) is 2.04. The Bertz CT molecular complexity index is 266. The van der Waals surface area contributed by atoms with Crippen LogP contribution in [0.4, 0.5) is 8.78 Å². The molecule has 88 valence electrons. The fourth-order valence-electron chi connectivity index (χ4n) is 1.23. The lowest BCUT2D eigenvalue weighted by atomic mass is 10.1. The number of aliphatic hydroxyl groups excluding tert-OH is 1. The molecule has 0 bridgehead atoms. The molecule has 7 heteroatoms. The number of hydrogen-bond acceptors (Lipinski definition) is 4. The number of rotatable bonds is 3. The van der Waals surface area contributed by atoms with E-state index < -0.39 is 29.9 Å². The van der Waals surface area contributed by atoms with Gasteiger partial charge in [0.25, 0.3) is 0 Å². The molecule has 0 amide bonds. The highest BCUT2D eigenvalue weighted by Crippen LogP contribution is 2.30. The van der Waals surface area contributed by atoms with Crippen molar-refractivity contribution >= 4 is 5.97 Å². The van der Waals surface area contributed by atoms with Gasteiger partial charge in [0.15, 0.2) is 11.9 Å². The number of hydrogen-bond donors (Lipinski definition) is 2. The molecule has 1 saturated heterocycles. The van der Waals surface area contributed by atoms with Crippen LogP contribution in [0.15, 0.2) is 0 Å². The Morgan fingerprint density at radius 2 is 2.13 bits per heavy atom. The zero-order valence-corrected chi connectivity index (χ0v) is 8.24. The molecule has 1 rings (SSSR count). The summed E-state index contributed by atoms with van der Waals surface area (Å²) in [6.45, 7) is 2.70. The number of carboxylic acid groups (broad SMARTS) is 1. The molecule has 1 aliphatic rings. The summed E-state index contributed by atoms with van der Waals surface area (Å²) in [6.07, 6.45) is -3.76. The van der Waals surface area contributed by atoms with E-state index in [0.717, 1.165) is 0 Å². The number of carbonyl (C=O) groups is 1. The molecule has 0 aromatic heterocycles. The summed E-state index contributed by atoms with van der Waals surface area (Å²) in [5, 5.41) is 17.3. The maximum atomic E-state index is 12.9. The highest BCUT2D eigenvalue weighted by Gasteiger charge is 2.53. The van der Waals surface area contributed by atoms with Crippen LogP contribution in [-0.4, -0.2) is 46.7 Å². The zero-order chi connectivity index (χ0) is 11.9. The van der Waals surface area contributed by atoms with E-state index in [-0.39, 0.29) is 6.61 Å². The monoisotopic (exact) mass is 226 g/mol. The maximum Gasteiger partial charge on any atom is 0.377 e. The minimum Gasteiger partial charge on any atom is -0.477 e. The van der Waals surface area contributed by atoms with Crippen molar-refractivity contribution in [3.8, 4) is 0 Å². The Labute approximate surface area is 84.6 Å². The first-order valence-corrected chi connectivity index (χ1v) is 4.28. The molecule has 2 atom stereocenters. The summed E-state index contributed by atoms with van der Waals surface area (Å²) >= 11 is 0. The SMILES string of the molecule is CC1(C)OC[C@H](C(O)C(F)(F)C(=O)O)O1. The third-order valence-corrected chi connectivity index (χ3v) is 2.04. The second kappa shape index (κ2) is 3.66. The summed E-state index contributed by atoms with van der Waals surface area (Å²) in [5.74, 6) is -7.71. The summed E-state index contributed by atoms with van der Waals surface area (Å²) in [5.41, 5.74) is 0. The molecule has 1 unspecified atom stereocenters. The van der Waals surface area contributed by atoms with Crippen LogP contribution >= 0.6 is 0 Å². The molecule has 1 fully saturated rings. The van der Waals surface area contributed by atoms with Crippen molar-refractivity contribution in [2.45, 2.75) is 37.8 Å². The second-order valence-corrected chi connectivity index (χ2v) is 3.74. The summed E-state index contributed by atoms with van der Waals surface area (Å²) in [4.78, 5) is 10.2. The van der Waals surface area contributed by atoms with Gasteiger partial charge < -0.3 is 19.7 Å². The van der Waals surface area contributed by atoms with E-state index in [1.807, 2.05) is 0 Å². The van der Waals surface area contributed by atoms with E-state index in [2.05, 4.69) is 0 Å². The number of ether oxygens (including phenoxy) is 2. The lowest BCUT2D eigenvalue weighted by molar-refractivity contribution is -0.206. The van der Waals surface area contributed by atoms with Crippen molar-refractivity contribution in [1.29, 1.82) is 0 Å². The Morgan fingerprint density at radius 1 is 1.60 bits per heavy atom. The van der Waals surface area contributed by atoms with Gasteiger partial charge >= 0.3 is 11.9 Å². The standard InChI is InChI=1S/C8H12F2O5/c1-7(2)14-3-4(15-7)5(11)8(9,10)6(12)13/h4-5,11H,3H2,1-2H3,(H,12,13)/t4-,5?/m1/s1. The number of carboxylic acids is 1. The summed E-state index contributed by atoms with van der Waals surface area (Å²) in [7, 11) is 0. The van der Waals surface area contributed by atoms with Gasteiger partial charge in [0.2, 0.25) is 0 Å². The van der Waals surface area contributed by atoms with Gasteiger partial charge in [-0.2, -0.15) is 8.78 Å².